The molecule has 104 valence electrons. The average Bonchev–Trinajstić information content (AvgIpc) is 2.78. The van der Waals surface area contributed by atoms with Crippen molar-refractivity contribution < 1.29 is 4.74 Å². The van der Waals surface area contributed by atoms with Gasteiger partial charge in [-0.25, -0.2) is 4.98 Å². The SMILES string of the molecule is CNC(C)CC(C)Sc1nc2ccc(OC)cc2[nH]1. The number of H-pyrrole nitrogens is 1. The number of hydrogen-bond donors (Lipinski definition) is 2. The van der Waals surface area contributed by atoms with Crippen molar-refractivity contribution in [3.8, 4) is 5.75 Å². The van der Waals surface area contributed by atoms with Gasteiger partial charge < -0.3 is 15.0 Å². The Balaban J connectivity index is 2.08. The first kappa shape index (κ1) is 14.2. The fourth-order valence-corrected chi connectivity index (χ4v) is 3.09. The minimum Gasteiger partial charge on any atom is -0.497 e. The highest BCUT2D eigenvalue weighted by molar-refractivity contribution is 7.99. The third-order valence-corrected chi connectivity index (χ3v) is 4.17. The second-order valence-electron chi connectivity index (χ2n) is 4.78. The lowest BCUT2D eigenvalue weighted by atomic mass is 10.2. The lowest BCUT2D eigenvalue weighted by Gasteiger charge is -2.14. The molecule has 0 bridgehead atoms. The van der Waals surface area contributed by atoms with Gasteiger partial charge in [0.15, 0.2) is 5.16 Å². The van der Waals surface area contributed by atoms with Crippen molar-refractivity contribution in [2.24, 2.45) is 0 Å². The van der Waals surface area contributed by atoms with E-state index in [1.807, 2.05) is 25.2 Å². The third kappa shape index (κ3) is 3.64. The van der Waals surface area contributed by atoms with E-state index in [1.165, 1.54) is 0 Å². The molecule has 0 fully saturated rings. The second-order valence-corrected chi connectivity index (χ2v) is 6.21. The van der Waals surface area contributed by atoms with Gasteiger partial charge in [-0.2, -0.15) is 0 Å². The fraction of sp³-hybridized carbons (Fsp3) is 0.500. The zero-order valence-electron chi connectivity index (χ0n) is 11.9. The number of fused-ring (bicyclic) bond motifs is 1. The summed E-state index contributed by atoms with van der Waals surface area (Å²) in [4.78, 5) is 7.94. The van der Waals surface area contributed by atoms with Crippen LogP contribution < -0.4 is 10.1 Å². The van der Waals surface area contributed by atoms with E-state index < -0.39 is 0 Å². The molecule has 19 heavy (non-hydrogen) atoms. The van der Waals surface area contributed by atoms with Crippen LogP contribution in [0.3, 0.4) is 0 Å². The van der Waals surface area contributed by atoms with Gasteiger partial charge in [0, 0.05) is 17.4 Å². The summed E-state index contributed by atoms with van der Waals surface area (Å²) in [6.07, 6.45) is 1.11. The Morgan fingerprint density at radius 3 is 2.89 bits per heavy atom. The summed E-state index contributed by atoms with van der Waals surface area (Å²) in [7, 11) is 3.67. The molecule has 0 amide bonds. The predicted octanol–water partition coefficient (Wildman–Crippen LogP) is 3.05. The number of nitrogens with zero attached hydrogens (tertiary/aromatic N) is 1. The van der Waals surface area contributed by atoms with Crippen molar-refractivity contribution in [3.63, 3.8) is 0 Å². The molecule has 0 aliphatic carbocycles. The number of hydrogen-bond acceptors (Lipinski definition) is 4. The zero-order valence-corrected chi connectivity index (χ0v) is 12.7. The predicted molar refractivity (Wildman–Crippen MR) is 81.1 cm³/mol. The van der Waals surface area contributed by atoms with Crippen molar-refractivity contribution in [1.82, 2.24) is 15.3 Å². The normalized spacial score (nSPS) is 14.5. The Kier molecular flexibility index (Phi) is 4.71. The number of nitrogens with one attached hydrogen (secondary N) is 2. The molecule has 0 spiro atoms. The Bertz CT molecular complexity index is 540. The van der Waals surface area contributed by atoms with E-state index in [0.717, 1.165) is 28.4 Å². The maximum absolute atomic E-state index is 5.22. The van der Waals surface area contributed by atoms with Crippen LogP contribution in [-0.2, 0) is 0 Å². The largest absolute Gasteiger partial charge is 0.497 e. The highest BCUT2D eigenvalue weighted by atomic mass is 32.2. The first-order valence-corrected chi connectivity index (χ1v) is 7.38. The van der Waals surface area contributed by atoms with E-state index in [4.69, 9.17) is 4.74 Å². The standard InChI is InChI=1S/C14H21N3OS/c1-9(15-3)7-10(2)19-14-16-12-6-5-11(18-4)8-13(12)17-14/h5-6,8-10,15H,7H2,1-4H3,(H,16,17). The monoisotopic (exact) mass is 279 g/mol. The second kappa shape index (κ2) is 6.30. The molecule has 0 aliphatic rings. The molecule has 0 saturated carbocycles. The van der Waals surface area contributed by atoms with Gasteiger partial charge in [-0.1, -0.05) is 18.7 Å². The van der Waals surface area contributed by atoms with Crippen LogP contribution in [0, 0.1) is 0 Å². The highest BCUT2D eigenvalue weighted by Crippen LogP contribution is 2.27. The van der Waals surface area contributed by atoms with E-state index in [9.17, 15) is 0 Å². The first-order chi connectivity index (χ1) is 9.12. The van der Waals surface area contributed by atoms with Crippen LogP contribution in [0.5, 0.6) is 5.75 Å². The molecule has 2 atom stereocenters. The van der Waals surface area contributed by atoms with Crippen molar-refractivity contribution in [2.45, 2.75) is 36.7 Å². The molecule has 0 saturated heterocycles. The smallest absolute Gasteiger partial charge is 0.166 e. The molecule has 0 aliphatic heterocycles. The Hall–Kier alpha value is -1.20. The molecular weight excluding hydrogens is 258 g/mol. The molecule has 2 N–H and O–H groups in total. The summed E-state index contributed by atoms with van der Waals surface area (Å²) in [5.41, 5.74) is 2.01. The van der Waals surface area contributed by atoms with Crippen LogP contribution in [-0.4, -0.2) is 35.4 Å². The van der Waals surface area contributed by atoms with Gasteiger partial charge in [0.05, 0.1) is 18.1 Å². The molecule has 2 aromatic rings. The van der Waals surface area contributed by atoms with Gasteiger partial charge >= 0.3 is 0 Å². The maximum atomic E-state index is 5.22. The number of aromatic amines is 1. The average molecular weight is 279 g/mol. The summed E-state index contributed by atoms with van der Waals surface area (Å²) < 4.78 is 5.22. The van der Waals surface area contributed by atoms with Crippen LogP contribution >= 0.6 is 11.8 Å². The van der Waals surface area contributed by atoms with Crippen molar-refractivity contribution >= 4 is 22.8 Å². The van der Waals surface area contributed by atoms with Gasteiger partial charge in [-0.3, -0.25) is 0 Å². The molecule has 0 radical (unpaired) electrons. The van der Waals surface area contributed by atoms with E-state index in [1.54, 1.807) is 18.9 Å². The highest BCUT2D eigenvalue weighted by Gasteiger charge is 2.11. The summed E-state index contributed by atoms with van der Waals surface area (Å²) >= 11 is 1.78. The molecule has 5 heteroatoms. The Morgan fingerprint density at radius 1 is 1.42 bits per heavy atom. The number of imidazole rings is 1. The van der Waals surface area contributed by atoms with Crippen LogP contribution in [0.1, 0.15) is 20.3 Å². The molecule has 1 heterocycles. The quantitative estimate of drug-likeness (QED) is 0.798. The maximum Gasteiger partial charge on any atom is 0.166 e. The minimum atomic E-state index is 0.518. The van der Waals surface area contributed by atoms with Crippen molar-refractivity contribution in [2.75, 3.05) is 14.2 Å². The van der Waals surface area contributed by atoms with Crippen LogP contribution in [0.25, 0.3) is 11.0 Å². The summed E-state index contributed by atoms with van der Waals surface area (Å²) in [5, 5.41) is 4.75. The number of methoxy groups -OCH3 is 1. The molecule has 2 rings (SSSR count). The number of aromatic nitrogens is 2. The topological polar surface area (TPSA) is 49.9 Å². The zero-order chi connectivity index (χ0) is 13.8. The van der Waals surface area contributed by atoms with Gasteiger partial charge in [0.25, 0.3) is 0 Å². The Morgan fingerprint density at radius 2 is 2.21 bits per heavy atom. The van der Waals surface area contributed by atoms with Crippen LogP contribution in [0.4, 0.5) is 0 Å². The first-order valence-electron chi connectivity index (χ1n) is 6.50. The van der Waals surface area contributed by atoms with E-state index in [-0.39, 0.29) is 0 Å². The van der Waals surface area contributed by atoms with Crippen molar-refractivity contribution in [1.29, 1.82) is 0 Å². The Labute approximate surface area is 118 Å². The van der Waals surface area contributed by atoms with Crippen molar-refractivity contribution in [3.05, 3.63) is 18.2 Å². The van der Waals surface area contributed by atoms with Gasteiger partial charge in [0.2, 0.25) is 0 Å². The van der Waals surface area contributed by atoms with Gasteiger partial charge in [-0.05, 0) is 32.5 Å². The molecule has 4 nitrogen and oxygen atoms in total. The minimum absolute atomic E-state index is 0.518. The lowest BCUT2D eigenvalue weighted by Crippen LogP contribution is -2.24. The number of ether oxygens (including phenoxy) is 1. The molecular formula is C14H21N3OS. The summed E-state index contributed by atoms with van der Waals surface area (Å²) in [6, 6.07) is 6.42. The summed E-state index contributed by atoms with van der Waals surface area (Å²) in [6.45, 7) is 4.42. The lowest BCUT2D eigenvalue weighted by molar-refractivity contribution is 0.415. The molecule has 1 aromatic heterocycles. The number of thioether (sulfide) groups is 1. The van der Waals surface area contributed by atoms with E-state index >= 15 is 0 Å². The number of rotatable bonds is 6. The summed E-state index contributed by atoms with van der Waals surface area (Å²) in [5.74, 6) is 0.851. The molecule has 2 unspecified atom stereocenters. The van der Waals surface area contributed by atoms with E-state index in [2.05, 4.69) is 29.1 Å². The van der Waals surface area contributed by atoms with Crippen LogP contribution in [0.2, 0.25) is 0 Å². The molecule has 1 aromatic carbocycles. The third-order valence-electron chi connectivity index (χ3n) is 3.16. The van der Waals surface area contributed by atoms with Gasteiger partial charge in [-0.15, -0.1) is 0 Å². The van der Waals surface area contributed by atoms with E-state index in [0.29, 0.717) is 11.3 Å². The fourth-order valence-electron chi connectivity index (χ4n) is 2.00. The van der Waals surface area contributed by atoms with Gasteiger partial charge in [0.1, 0.15) is 5.75 Å². The number of benzene rings is 1. The van der Waals surface area contributed by atoms with Crippen LogP contribution in [0.15, 0.2) is 23.4 Å².